The monoisotopic (exact) mass is 287 g/mol. The molecule has 0 radical (unpaired) electrons. The fourth-order valence-corrected chi connectivity index (χ4v) is 2.27. The maximum Gasteiger partial charge on any atom is 0.166 e. The second-order valence-electron chi connectivity index (χ2n) is 5.41. The summed E-state index contributed by atoms with van der Waals surface area (Å²) in [7, 11) is 3.57. The second kappa shape index (κ2) is 6.18. The van der Waals surface area contributed by atoms with Crippen molar-refractivity contribution in [2.75, 3.05) is 7.11 Å². The van der Waals surface area contributed by atoms with Crippen molar-refractivity contribution in [2.24, 2.45) is 7.05 Å². The molecule has 0 aliphatic heterocycles. The van der Waals surface area contributed by atoms with E-state index in [1.807, 2.05) is 31.6 Å². The van der Waals surface area contributed by atoms with Crippen molar-refractivity contribution in [1.29, 1.82) is 0 Å². The van der Waals surface area contributed by atoms with Crippen molar-refractivity contribution in [3.05, 3.63) is 41.7 Å². The lowest BCUT2D eigenvalue weighted by Crippen LogP contribution is -2.16. The topological polar surface area (TPSA) is 48.3 Å². The third kappa shape index (κ3) is 3.55. The van der Waals surface area contributed by atoms with Crippen LogP contribution in [0.1, 0.15) is 24.0 Å². The van der Waals surface area contributed by atoms with Crippen LogP contribution in [0.3, 0.4) is 0 Å². The highest BCUT2D eigenvalue weighted by Gasteiger charge is 2.21. The molecule has 0 saturated heterocycles. The molecule has 1 fully saturated rings. The Bertz CT molecular complexity index is 605. The third-order valence-corrected chi connectivity index (χ3v) is 3.58. The second-order valence-corrected chi connectivity index (χ2v) is 5.41. The number of aromatic nitrogens is 2. The molecule has 1 heterocycles. The molecule has 21 heavy (non-hydrogen) atoms. The van der Waals surface area contributed by atoms with Crippen LogP contribution >= 0.6 is 0 Å². The zero-order valence-corrected chi connectivity index (χ0v) is 12.5. The van der Waals surface area contributed by atoms with Crippen molar-refractivity contribution >= 4 is 0 Å². The van der Waals surface area contributed by atoms with E-state index < -0.39 is 0 Å². The number of hydrogen-bond donors (Lipinski definition) is 1. The Morgan fingerprint density at radius 3 is 2.90 bits per heavy atom. The first-order valence-electron chi connectivity index (χ1n) is 7.26. The Morgan fingerprint density at radius 1 is 1.38 bits per heavy atom. The normalized spacial score (nSPS) is 14.2. The summed E-state index contributed by atoms with van der Waals surface area (Å²) in [5.41, 5.74) is 2.18. The van der Waals surface area contributed by atoms with E-state index in [1.165, 1.54) is 12.8 Å². The van der Waals surface area contributed by atoms with Crippen LogP contribution in [0.2, 0.25) is 0 Å². The minimum absolute atomic E-state index is 0.491. The predicted octanol–water partition coefficient (Wildman–Crippen LogP) is 2.26. The van der Waals surface area contributed by atoms with Gasteiger partial charge >= 0.3 is 0 Å². The number of aryl methyl sites for hydroxylation is 1. The zero-order valence-electron chi connectivity index (χ0n) is 12.5. The van der Waals surface area contributed by atoms with Crippen LogP contribution in [-0.2, 0) is 20.2 Å². The molecule has 3 rings (SSSR count). The summed E-state index contributed by atoms with van der Waals surface area (Å²) in [6.07, 6.45) is 6.32. The Balaban J connectivity index is 1.73. The molecule has 0 spiro atoms. The molecule has 5 nitrogen and oxygen atoms in total. The summed E-state index contributed by atoms with van der Waals surface area (Å²) in [4.78, 5) is 0. The number of para-hydroxylation sites is 1. The van der Waals surface area contributed by atoms with E-state index >= 15 is 0 Å². The van der Waals surface area contributed by atoms with Gasteiger partial charge in [0.1, 0.15) is 6.61 Å². The van der Waals surface area contributed by atoms with Gasteiger partial charge in [0, 0.05) is 37.0 Å². The Morgan fingerprint density at radius 2 is 2.24 bits per heavy atom. The average molecular weight is 287 g/mol. The van der Waals surface area contributed by atoms with Gasteiger partial charge in [-0.15, -0.1) is 0 Å². The molecule has 0 amide bonds. The zero-order chi connectivity index (χ0) is 14.7. The Labute approximate surface area is 124 Å². The lowest BCUT2D eigenvalue weighted by molar-refractivity contribution is 0.280. The van der Waals surface area contributed by atoms with Crippen molar-refractivity contribution in [1.82, 2.24) is 15.1 Å². The van der Waals surface area contributed by atoms with Gasteiger partial charge in [-0.1, -0.05) is 12.1 Å². The molecule has 1 aliphatic rings. The van der Waals surface area contributed by atoms with Gasteiger partial charge in [0.25, 0.3) is 0 Å². The van der Waals surface area contributed by atoms with Gasteiger partial charge in [0.15, 0.2) is 11.5 Å². The minimum atomic E-state index is 0.491. The van der Waals surface area contributed by atoms with E-state index in [4.69, 9.17) is 9.47 Å². The number of methoxy groups -OCH3 is 1. The van der Waals surface area contributed by atoms with Gasteiger partial charge in [-0.25, -0.2) is 0 Å². The Kier molecular flexibility index (Phi) is 4.10. The molecule has 1 aromatic heterocycles. The minimum Gasteiger partial charge on any atom is -0.493 e. The summed E-state index contributed by atoms with van der Waals surface area (Å²) in [5.74, 6) is 1.59. The lowest BCUT2D eigenvalue weighted by atomic mass is 10.2. The molecule has 1 aromatic carbocycles. The van der Waals surface area contributed by atoms with Gasteiger partial charge in [0.05, 0.1) is 13.3 Å². The highest BCUT2D eigenvalue weighted by atomic mass is 16.5. The molecule has 0 bridgehead atoms. The molecule has 1 aliphatic carbocycles. The van der Waals surface area contributed by atoms with E-state index in [0.717, 1.165) is 29.2 Å². The molecule has 112 valence electrons. The summed E-state index contributed by atoms with van der Waals surface area (Å²) < 4.78 is 13.2. The number of benzene rings is 1. The van der Waals surface area contributed by atoms with E-state index in [0.29, 0.717) is 12.6 Å². The van der Waals surface area contributed by atoms with Crippen LogP contribution in [0.5, 0.6) is 11.5 Å². The molecule has 1 N–H and O–H groups in total. The summed E-state index contributed by atoms with van der Waals surface area (Å²) in [5, 5.41) is 7.67. The maximum atomic E-state index is 5.99. The van der Waals surface area contributed by atoms with Gasteiger partial charge in [-0.3, -0.25) is 4.68 Å². The van der Waals surface area contributed by atoms with Crippen LogP contribution in [0.15, 0.2) is 30.6 Å². The fourth-order valence-electron chi connectivity index (χ4n) is 2.27. The molecule has 5 heteroatoms. The van der Waals surface area contributed by atoms with Crippen LogP contribution < -0.4 is 14.8 Å². The van der Waals surface area contributed by atoms with Gasteiger partial charge in [-0.05, 0) is 18.9 Å². The number of nitrogens with zero attached hydrogens (tertiary/aromatic N) is 2. The van der Waals surface area contributed by atoms with Crippen molar-refractivity contribution < 1.29 is 9.47 Å². The lowest BCUT2D eigenvalue weighted by Gasteiger charge is -2.15. The van der Waals surface area contributed by atoms with Crippen LogP contribution in [0.25, 0.3) is 0 Å². The molecule has 1 saturated carbocycles. The molecule has 0 unspecified atom stereocenters. The quantitative estimate of drug-likeness (QED) is 0.848. The van der Waals surface area contributed by atoms with Crippen molar-refractivity contribution in [2.45, 2.75) is 32.0 Å². The van der Waals surface area contributed by atoms with Crippen LogP contribution in [-0.4, -0.2) is 22.9 Å². The van der Waals surface area contributed by atoms with Crippen LogP contribution in [0, 0.1) is 0 Å². The first kappa shape index (κ1) is 13.9. The summed E-state index contributed by atoms with van der Waals surface area (Å²) in [6, 6.07) is 6.68. The predicted molar refractivity (Wildman–Crippen MR) is 80.4 cm³/mol. The van der Waals surface area contributed by atoms with E-state index in [1.54, 1.807) is 11.8 Å². The van der Waals surface area contributed by atoms with Crippen molar-refractivity contribution in [3.8, 4) is 11.5 Å². The number of hydrogen-bond acceptors (Lipinski definition) is 4. The summed E-state index contributed by atoms with van der Waals surface area (Å²) >= 11 is 0. The highest BCUT2D eigenvalue weighted by molar-refractivity contribution is 5.46. The first-order valence-corrected chi connectivity index (χ1v) is 7.26. The van der Waals surface area contributed by atoms with Gasteiger partial charge in [-0.2, -0.15) is 5.10 Å². The first-order chi connectivity index (χ1) is 10.3. The third-order valence-electron chi connectivity index (χ3n) is 3.58. The maximum absolute atomic E-state index is 5.99. The van der Waals surface area contributed by atoms with E-state index in [9.17, 15) is 0 Å². The van der Waals surface area contributed by atoms with E-state index in [2.05, 4.69) is 16.5 Å². The van der Waals surface area contributed by atoms with Gasteiger partial charge in [0.2, 0.25) is 0 Å². The number of rotatable bonds is 7. The fraction of sp³-hybridized carbons (Fsp3) is 0.438. The Hall–Kier alpha value is -2.01. The highest BCUT2D eigenvalue weighted by Crippen LogP contribution is 2.32. The SMILES string of the molecule is COc1cccc(CNC2CC2)c1OCc1cnn(C)c1. The molecular formula is C16H21N3O2. The molecular weight excluding hydrogens is 266 g/mol. The molecule has 2 aromatic rings. The van der Waals surface area contributed by atoms with Gasteiger partial charge < -0.3 is 14.8 Å². The number of nitrogens with one attached hydrogen (secondary N) is 1. The van der Waals surface area contributed by atoms with E-state index in [-0.39, 0.29) is 0 Å². The largest absolute Gasteiger partial charge is 0.493 e. The van der Waals surface area contributed by atoms with Crippen LogP contribution in [0.4, 0.5) is 0 Å². The smallest absolute Gasteiger partial charge is 0.166 e. The summed E-state index contributed by atoms with van der Waals surface area (Å²) in [6.45, 7) is 1.30. The molecule has 0 atom stereocenters. The standard InChI is InChI=1S/C16H21N3O2/c1-19-10-12(8-18-19)11-21-16-13(9-17-14-6-7-14)4-3-5-15(16)20-2/h3-5,8,10,14,17H,6-7,9,11H2,1-2H3. The average Bonchev–Trinajstić information content (AvgIpc) is 3.24. The number of ether oxygens (including phenoxy) is 2. The van der Waals surface area contributed by atoms with Crippen molar-refractivity contribution in [3.63, 3.8) is 0 Å².